The molecule has 36 heavy (non-hydrogen) atoms. The third-order valence-corrected chi connectivity index (χ3v) is 7.16. The highest BCUT2D eigenvalue weighted by Crippen LogP contribution is 2.23. The fraction of sp³-hybridized carbons (Fsp3) is 0.500. The van der Waals surface area contributed by atoms with E-state index in [0.29, 0.717) is 19.5 Å². The lowest BCUT2D eigenvalue weighted by molar-refractivity contribution is -0.117. The number of aryl methyl sites for hydroxylation is 2. The first-order valence-electron chi connectivity index (χ1n) is 13.4. The standard InChI is InChI=1S/C30H41N5O/c1-23-7-10-26(11-8-23)12-9-24(2)32-33-25(3)20-31-28-19-30(36)35(22-28)29-15-13-27(14-16-29)21-34-17-5-4-6-18-34/h7-8,10-11,13-16,28,31H,4-6,9,12,17-22H2,1-3H3/b32-24+,33-25+. The Morgan fingerprint density at radius 1 is 0.917 bits per heavy atom. The Hall–Kier alpha value is -2.83. The quantitative estimate of drug-likeness (QED) is 0.373. The molecule has 4 rings (SSSR count). The molecule has 1 unspecified atom stereocenters. The summed E-state index contributed by atoms with van der Waals surface area (Å²) in [5.74, 6) is 0.177. The first-order chi connectivity index (χ1) is 17.5. The highest BCUT2D eigenvalue weighted by Gasteiger charge is 2.30. The Kier molecular flexibility index (Phi) is 9.42. The van der Waals surface area contributed by atoms with E-state index in [1.807, 2.05) is 18.7 Å². The zero-order chi connectivity index (χ0) is 25.3. The van der Waals surface area contributed by atoms with Crippen LogP contribution in [0.1, 0.15) is 62.6 Å². The van der Waals surface area contributed by atoms with E-state index >= 15 is 0 Å². The zero-order valence-corrected chi connectivity index (χ0v) is 22.2. The van der Waals surface area contributed by atoms with Gasteiger partial charge in [0.25, 0.3) is 0 Å². The van der Waals surface area contributed by atoms with Gasteiger partial charge in [-0.2, -0.15) is 10.2 Å². The molecule has 2 aromatic carbocycles. The van der Waals surface area contributed by atoms with E-state index in [2.05, 4.69) is 75.9 Å². The van der Waals surface area contributed by atoms with Crippen LogP contribution < -0.4 is 10.2 Å². The molecule has 0 radical (unpaired) electrons. The number of likely N-dealkylation sites (tertiary alicyclic amines) is 1. The number of carbonyl (C=O) groups is 1. The summed E-state index contributed by atoms with van der Waals surface area (Å²) in [5, 5.41) is 12.3. The summed E-state index contributed by atoms with van der Waals surface area (Å²) >= 11 is 0. The molecule has 0 saturated carbocycles. The summed E-state index contributed by atoms with van der Waals surface area (Å²) < 4.78 is 0. The first kappa shape index (κ1) is 26.2. The molecule has 2 aliphatic rings. The summed E-state index contributed by atoms with van der Waals surface area (Å²) in [4.78, 5) is 17.1. The van der Waals surface area contributed by atoms with Gasteiger partial charge >= 0.3 is 0 Å². The molecule has 2 heterocycles. The summed E-state index contributed by atoms with van der Waals surface area (Å²) in [6.45, 7) is 10.8. The van der Waals surface area contributed by atoms with Gasteiger partial charge in [-0.05, 0) is 82.8 Å². The second kappa shape index (κ2) is 12.9. The van der Waals surface area contributed by atoms with Gasteiger partial charge in [0, 0.05) is 43.5 Å². The van der Waals surface area contributed by atoms with Gasteiger partial charge in [-0.1, -0.05) is 48.4 Å². The van der Waals surface area contributed by atoms with E-state index in [4.69, 9.17) is 0 Å². The number of amides is 1. The molecule has 1 N–H and O–H groups in total. The van der Waals surface area contributed by atoms with E-state index in [1.165, 1.54) is 49.0 Å². The van der Waals surface area contributed by atoms with Crippen LogP contribution in [0.15, 0.2) is 58.7 Å². The normalized spacial score (nSPS) is 19.8. The molecule has 6 nitrogen and oxygen atoms in total. The van der Waals surface area contributed by atoms with Gasteiger partial charge in [-0.25, -0.2) is 0 Å². The lowest BCUT2D eigenvalue weighted by Gasteiger charge is -2.26. The molecule has 6 heteroatoms. The molecular formula is C30H41N5O. The van der Waals surface area contributed by atoms with Crippen LogP contribution in [-0.2, 0) is 17.8 Å². The van der Waals surface area contributed by atoms with Crippen LogP contribution in [0.5, 0.6) is 0 Å². The van der Waals surface area contributed by atoms with Crippen molar-refractivity contribution >= 4 is 23.0 Å². The van der Waals surface area contributed by atoms with Gasteiger partial charge in [0.2, 0.25) is 5.91 Å². The molecule has 2 fully saturated rings. The molecule has 1 atom stereocenters. The lowest BCUT2D eigenvalue weighted by atomic mass is 10.1. The van der Waals surface area contributed by atoms with Gasteiger partial charge < -0.3 is 10.2 Å². The van der Waals surface area contributed by atoms with Crippen molar-refractivity contribution in [1.82, 2.24) is 10.2 Å². The van der Waals surface area contributed by atoms with Gasteiger partial charge in [0.05, 0.1) is 5.71 Å². The number of nitrogens with one attached hydrogen (secondary N) is 1. The van der Waals surface area contributed by atoms with Crippen molar-refractivity contribution in [3.05, 3.63) is 65.2 Å². The molecule has 2 saturated heterocycles. The van der Waals surface area contributed by atoms with E-state index in [9.17, 15) is 4.79 Å². The average molecular weight is 488 g/mol. The van der Waals surface area contributed by atoms with Crippen molar-refractivity contribution in [2.45, 2.75) is 71.9 Å². The maximum absolute atomic E-state index is 12.7. The van der Waals surface area contributed by atoms with Crippen LogP contribution >= 0.6 is 0 Å². The smallest absolute Gasteiger partial charge is 0.228 e. The molecule has 1 amide bonds. The highest BCUT2D eigenvalue weighted by atomic mass is 16.2. The van der Waals surface area contributed by atoms with Crippen LogP contribution in [-0.4, -0.2) is 54.5 Å². The predicted molar refractivity (Wildman–Crippen MR) is 150 cm³/mol. The third kappa shape index (κ3) is 7.84. The van der Waals surface area contributed by atoms with E-state index in [0.717, 1.165) is 36.5 Å². The monoisotopic (exact) mass is 487 g/mol. The SMILES string of the molecule is C/C(CCc1ccc(C)cc1)=N\N=C(/C)CNC1CC(=O)N(c2ccc(CN3CCCCC3)cc2)C1. The van der Waals surface area contributed by atoms with E-state index < -0.39 is 0 Å². The second-order valence-electron chi connectivity index (χ2n) is 10.4. The zero-order valence-electron chi connectivity index (χ0n) is 22.2. The number of anilines is 1. The number of benzene rings is 2. The molecule has 2 aromatic rings. The van der Waals surface area contributed by atoms with Gasteiger partial charge in [0.1, 0.15) is 0 Å². The van der Waals surface area contributed by atoms with E-state index in [1.54, 1.807) is 0 Å². The number of hydrogen-bond acceptors (Lipinski definition) is 5. The van der Waals surface area contributed by atoms with Gasteiger partial charge in [-0.15, -0.1) is 0 Å². The molecule has 0 bridgehead atoms. The maximum atomic E-state index is 12.7. The predicted octanol–water partition coefficient (Wildman–Crippen LogP) is 5.15. The molecular weight excluding hydrogens is 446 g/mol. The Morgan fingerprint density at radius 3 is 2.31 bits per heavy atom. The first-order valence-corrected chi connectivity index (χ1v) is 13.4. The number of piperidine rings is 1. The van der Waals surface area contributed by atoms with Crippen LogP contribution in [0.4, 0.5) is 5.69 Å². The minimum Gasteiger partial charge on any atom is -0.311 e. The summed E-state index contributed by atoms with van der Waals surface area (Å²) in [6, 6.07) is 17.3. The van der Waals surface area contributed by atoms with E-state index in [-0.39, 0.29) is 11.9 Å². The lowest BCUT2D eigenvalue weighted by Crippen LogP contribution is -2.35. The largest absolute Gasteiger partial charge is 0.311 e. The molecule has 0 aromatic heterocycles. The Bertz CT molecular complexity index is 1050. The fourth-order valence-electron chi connectivity index (χ4n) is 4.88. The van der Waals surface area contributed by atoms with Gasteiger partial charge in [0.15, 0.2) is 0 Å². The number of hydrogen-bond donors (Lipinski definition) is 1. The highest BCUT2D eigenvalue weighted by molar-refractivity contribution is 5.96. The van der Waals surface area contributed by atoms with Crippen LogP contribution in [0, 0.1) is 6.92 Å². The third-order valence-electron chi connectivity index (χ3n) is 7.16. The molecule has 0 aliphatic carbocycles. The molecule has 0 spiro atoms. The van der Waals surface area contributed by atoms with Crippen molar-refractivity contribution in [2.75, 3.05) is 31.1 Å². The second-order valence-corrected chi connectivity index (χ2v) is 10.4. The molecule has 2 aliphatic heterocycles. The summed E-state index contributed by atoms with van der Waals surface area (Å²) in [6.07, 6.45) is 6.35. The summed E-state index contributed by atoms with van der Waals surface area (Å²) in [5.41, 5.74) is 6.88. The number of carbonyl (C=O) groups excluding carboxylic acids is 1. The average Bonchev–Trinajstić information content (AvgIpc) is 3.27. The van der Waals surface area contributed by atoms with Crippen molar-refractivity contribution in [3.8, 4) is 0 Å². The Morgan fingerprint density at radius 2 is 1.58 bits per heavy atom. The maximum Gasteiger partial charge on any atom is 0.228 e. The van der Waals surface area contributed by atoms with Crippen LogP contribution in [0.2, 0.25) is 0 Å². The fourth-order valence-corrected chi connectivity index (χ4v) is 4.88. The number of rotatable bonds is 10. The summed E-state index contributed by atoms with van der Waals surface area (Å²) in [7, 11) is 0. The Labute approximate surface area is 216 Å². The van der Waals surface area contributed by atoms with Crippen molar-refractivity contribution in [1.29, 1.82) is 0 Å². The molecule has 192 valence electrons. The topological polar surface area (TPSA) is 60.3 Å². The number of nitrogens with zero attached hydrogens (tertiary/aromatic N) is 4. The van der Waals surface area contributed by atoms with Crippen LogP contribution in [0.25, 0.3) is 0 Å². The van der Waals surface area contributed by atoms with Crippen molar-refractivity contribution < 1.29 is 4.79 Å². The van der Waals surface area contributed by atoms with Crippen LogP contribution in [0.3, 0.4) is 0 Å². The minimum atomic E-state index is 0.127. The van der Waals surface area contributed by atoms with Crippen molar-refractivity contribution in [2.24, 2.45) is 10.2 Å². The Balaban J connectivity index is 1.21. The minimum absolute atomic E-state index is 0.127. The van der Waals surface area contributed by atoms with Crippen molar-refractivity contribution in [3.63, 3.8) is 0 Å². The van der Waals surface area contributed by atoms with Gasteiger partial charge in [-0.3, -0.25) is 9.69 Å².